The van der Waals surface area contributed by atoms with Crippen LogP contribution in [-0.2, 0) is 5.41 Å². The molecule has 0 saturated carbocycles. The van der Waals surface area contributed by atoms with Crippen molar-refractivity contribution in [3.8, 4) is 17.2 Å². The topological polar surface area (TPSA) is 220 Å². The van der Waals surface area contributed by atoms with Crippen LogP contribution in [0.2, 0.25) is 0 Å². The normalized spacial score (nSPS) is 28.8. The maximum absolute atomic E-state index is 13.6. The van der Waals surface area contributed by atoms with Gasteiger partial charge in [0.25, 0.3) is 17.5 Å². The van der Waals surface area contributed by atoms with Gasteiger partial charge in [-0.05, 0) is 36.1 Å². The second-order valence-corrected chi connectivity index (χ2v) is 12.5. The molecule has 244 valence electrons. The number of nitrogens with zero attached hydrogens (tertiary/aromatic N) is 2. The van der Waals surface area contributed by atoms with Crippen LogP contribution in [0.5, 0.6) is 17.2 Å². The number of hydrogen-bond acceptors (Lipinski definition) is 12. The third kappa shape index (κ3) is 4.36. The number of amides is 2. The van der Waals surface area contributed by atoms with Gasteiger partial charge in [-0.3, -0.25) is 25.2 Å². The van der Waals surface area contributed by atoms with Crippen LogP contribution >= 0.6 is 0 Å². The molecule has 5 heterocycles. The highest BCUT2D eigenvalue weighted by molar-refractivity contribution is 5.98. The van der Waals surface area contributed by atoms with Crippen LogP contribution in [0.25, 0.3) is 0 Å². The first-order valence-corrected chi connectivity index (χ1v) is 14.6. The molecular weight excluding hydrogens is 610 g/mol. The summed E-state index contributed by atoms with van der Waals surface area (Å²) in [6.45, 7) is 4.22. The summed E-state index contributed by atoms with van der Waals surface area (Å²) < 4.78 is 41.5. The largest absolute Gasteiger partial charge is 0.586 e. The highest BCUT2D eigenvalue weighted by Gasteiger charge is 2.76. The zero-order chi connectivity index (χ0) is 32.8. The number of nitrogens with one attached hydrogen (secondary N) is 4. The molecule has 1 fully saturated rings. The van der Waals surface area contributed by atoms with Crippen LogP contribution in [-0.4, -0.2) is 94.4 Å². The molecule has 10 N–H and O–H groups in total. The van der Waals surface area contributed by atoms with E-state index in [4.69, 9.17) is 16.2 Å². The molecule has 0 bridgehead atoms. The van der Waals surface area contributed by atoms with Gasteiger partial charge in [0.1, 0.15) is 17.8 Å². The van der Waals surface area contributed by atoms with Gasteiger partial charge >= 0.3 is 12.3 Å². The molecule has 15 nitrogen and oxygen atoms in total. The van der Waals surface area contributed by atoms with E-state index in [1.165, 1.54) is 17.0 Å². The predicted molar refractivity (Wildman–Crippen MR) is 155 cm³/mol. The van der Waals surface area contributed by atoms with E-state index in [2.05, 4.69) is 49.3 Å². The second kappa shape index (κ2) is 9.80. The summed E-state index contributed by atoms with van der Waals surface area (Å²) in [4.78, 5) is 35.5. The molecule has 1 spiro atoms. The van der Waals surface area contributed by atoms with Crippen molar-refractivity contribution in [2.75, 3.05) is 19.7 Å². The summed E-state index contributed by atoms with van der Waals surface area (Å²) in [5, 5.41) is 31.9. The second-order valence-electron chi connectivity index (χ2n) is 12.5. The zero-order valence-corrected chi connectivity index (χ0v) is 24.8. The number of alkyl halides is 2. The SMILES string of the molecule is CC1(C)CCOc2c(C(=O)NC3CN4C(N)=N[C@@H](CNC(=O)c5ccc6c(c5)OC(F)(F)O6)[C@@H]5[NH+]=C(N)NC54C3(O)O)cccc21. The summed E-state index contributed by atoms with van der Waals surface area (Å²) in [5.74, 6) is -4.10. The lowest BCUT2D eigenvalue weighted by atomic mass is 9.79. The Morgan fingerprint density at radius 1 is 1.15 bits per heavy atom. The van der Waals surface area contributed by atoms with E-state index in [9.17, 15) is 28.6 Å². The number of guanidine groups is 2. The molecule has 0 aromatic heterocycles. The molecule has 5 aliphatic heterocycles. The molecule has 0 radical (unpaired) electrons. The Labute approximate surface area is 260 Å². The molecule has 7 rings (SSSR count). The number of benzene rings is 2. The first-order chi connectivity index (χ1) is 21.6. The number of nitrogens with two attached hydrogens (primary N) is 2. The minimum atomic E-state index is -3.84. The molecule has 4 atom stereocenters. The van der Waals surface area contributed by atoms with Gasteiger partial charge in [0.05, 0.1) is 18.7 Å². The van der Waals surface area contributed by atoms with Crippen molar-refractivity contribution in [2.45, 2.75) is 61.6 Å². The summed E-state index contributed by atoms with van der Waals surface area (Å²) in [6.07, 6.45) is -3.07. The Balaban J connectivity index is 1.12. The predicted octanol–water partition coefficient (Wildman–Crippen LogP) is -2.65. The highest BCUT2D eigenvalue weighted by Crippen LogP contribution is 2.44. The van der Waals surface area contributed by atoms with E-state index in [1.54, 1.807) is 12.1 Å². The maximum atomic E-state index is 13.6. The number of aliphatic hydroxyl groups is 2. The van der Waals surface area contributed by atoms with Gasteiger partial charge in [0, 0.05) is 17.7 Å². The van der Waals surface area contributed by atoms with Crippen molar-refractivity contribution < 1.29 is 47.8 Å². The Morgan fingerprint density at radius 2 is 1.91 bits per heavy atom. The summed E-state index contributed by atoms with van der Waals surface area (Å²) in [7, 11) is 0. The molecule has 2 amide bonds. The van der Waals surface area contributed by atoms with Crippen LogP contribution < -0.4 is 46.6 Å². The van der Waals surface area contributed by atoms with E-state index in [0.717, 1.165) is 18.1 Å². The first kappa shape index (κ1) is 29.8. The molecule has 2 aromatic rings. The van der Waals surface area contributed by atoms with Crippen molar-refractivity contribution in [1.82, 2.24) is 20.9 Å². The smallest absolute Gasteiger partial charge is 0.492 e. The van der Waals surface area contributed by atoms with Crippen molar-refractivity contribution in [2.24, 2.45) is 16.5 Å². The van der Waals surface area contributed by atoms with Crippen LogP contribution in [0.4, 0.5) is 8.78 Å². The number of carbonyl (C=O) groups excluding carboxylic acids is 2. The fraction of sp³-hybridized carbons (Fsp3) is 0.448. The van der Waals surface area contributed by atoms with Gasteiger partial charge in [-0.2, -0.15) is 0 Å². The molecule has 1 saturated heterocycles. The van der Waals surface area contributed by atoms with Gasteiger partial charge in [0.15, 0.2) is 23.5 Å². The lowest BCUT2D eigenvalue weighted by Crippen LogP contribution is -2.90. The summed E-state index contributed by atoms with van der Waals surface area (Å²) >= 11 is 0. The number of ether oxygens (including phenoxy) is 3. The number of para-hydroxylation sites is 1. The molecule has 2 unspecified atom stereocenters. The van der Waals surface area contributed by atoms with E-state index in [1.807, 2.05) is 6.07 Å². The van der Waals surface area contributed by atoms with Crippen molar-refractivity contribution in [3.63, 3.8) is 0 Å². The van der Waals surface area contributed by atoms with Gasteiger partial charge in [-0.15, -0.1) is 8.78 Å². The number of halogens is 2. The van der Waals surface area contributed by atoms with Crippen molar-refractivity contribution in [3.05, 3.63) is 53.1 Å². The van der Waals surface area contributed by atoms with Crippen LogP contribution in [0.15, 0.2) is 41.4 Å². The number of aliphatic imine (C=N–C) groups is 1. The molecule has 5 aliphatic rings. The molecule has 46 heavy (non-hydrogen) atoms. The summed E-state index contributed by atoms with van der Waals surface area (Å²) in [5.41, 5.74) is 11.6. The first-order valence-electron chi connectivity index (χ1n) is 14.6. The molecular formula is C29H33F2N8O7+. The number of rotatable bonds is 5. The van der Waals surface area contributed by atoms with E-state index < -0.39 is 47.7 Å². The van der Waals surface area contributed by atoms with Gasteiger partial charge in [-0.25, -0.2) is 10.3 Å². The maximum Gasteiger partial charge on any atom is 0.586 e. The Kier molecular flexibility index (Phi) is 6.35. The van der Waals surface area contributed by atoms with E-state index >= 15 is 0 Å². The number of fused-ring (bicyclic) bond motifs is 2. The lowest BCUT2D eigenvalue weighted by Gasteiger charge is -2.46. The monoisotopic (exact) mass is 643 g/mol. The van der Waals surface area contributed by atoms with Crippen molar-refractivity contribution in [1.29, 1.82) is 0 Å². The average molecular weight is 644 g/mol. The van der Waals surface area contributed by atoms with Crippen LogP contribution in [0.3, 0.4) is 0 Å². The fourth-order valence-corrected chi connectivity index (χ4v) is 6.91. The minimum Gasteiger partial charge on any atom is -0.492 e. The van der Waals surface area contributed by atoms with Crippen LogP contribution in [0.1, 0.15) is 46.5 Å². The van der Waals surface area contributed by atoms with Gasteiger partial charge in [-0.1, -0.05) is 26.0 Å². The van der Waals surface area contributed by atoms with E-state index in [0.29, 0.717) is 12.4 Å². The van der Waals surface area contributed by atoms with Crippen LogP contribution in [0, 0.1) is 0 Å². The Hall–Kier alpha value is -4.90. The third-order valence-electron chi connectivity index (χ3n) is 9.29. The van der Waals surface area contributed by atoms with E-state index in [-0.39, 0.29) is 53.0 Å². The van der Waals surface area contributed by atoms with Crippen molar-refractivity contribution >= 4 is 23.7 Å². The highest BCUT2D eigenvalue weighted by atomic mass is 19.3. The number of carbonyl (C=O) groups is 2. The van der Waals surface area contributed by atoms with Gasteiger partial charge < -0.3 is 40.8 Å². The quantitative estimate of drug-likeness (QED) is 0.157. The number of hydrogen-bond donors (Lipinski definition) is 8. The third-order valence-corrected chi connectivity index (χ3v) is 9.29. The fourth-order valence-electron chi connectivity index (χ4n) is 6.91. The summed E-state index contributed by atoms with van der Waals surface area (Å²) in [6, 6.07) is 5.68. The average Bonchev–Trinajstić information content (AvgIpc) is 3.58. The molecule has 17 heteroatoms. The zero-order valence-electron chi connectivity index (χ0n) is 24.8. The standard InChI is InChI=1S/C29H32F2N8O7/c1-26(2)8-9-44-20-14(4-3-5-15(20)26)23(41)36-19-12-39-25(33)35-16(21-27(39,28(19,42)43)38-24(32)37-21)11-34-22(40)13-6-7-17-18(10-13)46-29(30,31)45-17/h3-7,10,16,19,21,42-43H,8-9,11-12H2,1-2H3,(H2,33,35)(H,34,40)(H,36,41)(H3,32,37,38)/p+1/t16-,19?,21-,27?/m0/s1. The van der Waals surface area contributed by atoms with Gasteiger partial charge in [0.2, 0.25) is 5.79 Å². The Bertz CT molecular complexity index is 1720. The molecule has 0 aliphatic carbocycles. The Morgan fingerprint density at radius 3 is 2.70 bits per heavy atom. The lowest BCUT2D eigenvalue weighted by molar-refractivity contribution is -0.521. The minimum absolute atomic E-state index is 0.00510. The molecule has 2 aromatic carbocycles.